The van der Waals surface area contributed by atoms with Crippen LogP contribution in [0.4, 0.5) is 9.18 Å². The fraction of sp³-hybridized carbons (Fsp3) is 0.500. The number of urea groups is 1. The maximum absolute atomic E-state index is 13.9. The van der Waals surface area contributed by atoms with Gasteiger partial charge in [0.15, 0.2) is 0 Å². The third-order valence-corrected chi connectivity index (χ3v) is 6.43. The van der Waals surface area contributed by atoms with E-state index in [4.69, 9.17) is 0 Å². The molecule has 1 aromatic heterocycles. The summed E-state index contributed by atoms with van der Waals surface area (Å²) in [6, 6.07) is 6.64. The molecule has 2 amide bonds. The lowest BCUT2D eigenvalue weighted by molar-refractivity contribution is 0.151. The van der Waals surface area contributed by atoms with Crippen LogP contribution in [-0.4, -0.2) is 59.4 Å². The summed E-state index contributed by atoms with van der Waals surface area (Å²) in [5, 5.41) is 3.21. The first kappa shape index (κ1) is 18.4. The molecule has 2 aliphatic heterocycles. The number of hydrogen-bond donors (Lipinski definition) is 0. The van der Waals surface area contributed by atoms with E-state index in [1.54, 1.807) is 42.5 Å². The van der Waals surface area contributed by atoms with Crippen LogP contribution in [0.2, 0.25) is 0 Å². The van der Waals surface area contributed by atoms with Gasteiger partial charge in [-0.1, -0.05) is 12.1 Å². The molecule has 0 unspecified atom stereocenters. The number of benzene rings is 1. The molecule has 4 rings (SSSR count). The summed E-state index contributed by atoms with van der Waals surface area (Å²) in [5.41, 5.74) is 2.00. The molecule has 0 saturated carbocycles. The molecular weight excluding hydrogens is 363 g/mol. The smallest absolute Gasteiger partial charge is 0.320 e. The van der Waals surface area contributed by atoms with Gasteiger partial charge in [0.2, 0.25) is 0 Å². The largest absolute Gasteiger partial charge is 0.331 e. The fourth-order valence-corrected chi connectivity index (χ4v) is 5.15. The molecule has 0 N–H and O–H groups in total. The maximum atomic E-state index is 13.9. The second-order valence-electron chi connectivity index (χ2n) is 7.81. The molecule has 0 radical (unpaired) electrons. The molecule has 2 aromatic rings. The lowest BCUT2D eigenvalue weighted by atomic mass is 9.89. The molecule has 3 atom stereocenters. The number of thiazole rings is 1. The first-order chi connectivity index (χ1) is 12.9. The molecule has 0 aliphatic carbocycles. The number of carbonyl (C=O) groups excluding carboxylic acids is 1. The Labute approximate surface area is 163 Å². The molecule has 3 heterocycles. The molecule has 2 aliphatic rings. The van der Waals surface area contributed by atoms with Gasteiger partial charge >= 0.3 is 6.03 Å². The monoisotopic (exact) mass is 388 g/mol. The van der Waals surface area contributed by atoms with Crippen molar-refractivity contribution in [1.82, 2.24) is 19.7 Å². The normalized spacial score (nSPS) is 25.0. The zero-order chi connectivity index (χ0) is 19.1. The van der Waals surface area contributed by atoms with Crippen LogP contribution in [-0.2, 0) is 6.54 Å². The third kappa shape index (κ3) is 3.58. The summed E-state index contributed by atoms with van der Waals surface area (Å²) in [7, 11) is 3.55. The molecule has 0 bridgehead atoms. The highest BCUT2D eigenvalue weighted by atomic mass is 32.1. The van der Waals surface area contributed by atoms with Crippen molar-refractivity contribution < 1.29 is 9.18 Å². The van der Waals surface area contributed by atoms with Gasteiger partial charge in [-0.15, -0.1) is 11.3 Å². The van der Waals surface area contributed by atoms with E-state index in [0.717, 1.165) is 42.4 Å². The van der Waals surface area contributed by atoms with Crippen LogP contribution in [0.15, 0.2) is 29.6 Å². The topological polar surface area (TPSA) is 39.7 Å². The average molecular weight is 389 g/mol. The average Bonchev–Trinajstić information content (AvgIpc) is 3.28. The minimum atomic E-state index is -0.249. The minimum absolute atomic E-state index is 0.000312. The van der Waals surface area contributed by atoms with Crippen molar-refractivity contribution in [3.63, 3.8) is 0 Å². The highest BCUT2D eigenvalue weighted by Gasteiger charge is 2.49. The summed E-state index contributed by atoms with van der Waals surface area (Å²) >= 11 is 1.68. The molecule has 5 nitrogen and oxygen atoms in total. The fourth-order valence-electron chi connectivity index (χ4n) is 4.55. The molecule has 1 aromatic carbocycles. The second-order valence-corrected chi connectivity index (χ2v) is 8.87. The van der Waals surface area contributed by atoms with Crippen LogP contribution in [0, 0.1) is 24.6 Å². The highest BCUT2D eigenvalue weighted by Crippen LogP contribution is 2.45. The Bertz CT molecular complexity index is 839. The van der Waals surface area contributed by atoms with E-state index in [9.17, 15) is 9.18 Å². The Morgan fingerprint density at radius 1 is 1.33 bits per heavy atom. The Kier molecular flexibility index (Phi) is 4.90. The number of rotatable bonds is 3. The van der Waals surface area contributed by atoms with Gasteiger partial charge in [-0.3, -0.25) is 4.90 Å². The van der Waals surface area contributed by atoms with Crippen molar-refractivity contribution >= 4 is 17.4 Å². The van der Waals surface area contributed by atoms with Crippen LogP contribution >= 0.6 is 11.3 Å². The van der Waals surface area contributed by atoms with Crippen LogP contribution < -0.4 is 0 Å². The number of amides is 2. The second kappa shape index (κ2) is 7.20. The number of halogens is 1. The summed E-state index contributed by atoms with van der Waals surface area (Å²) in [5.74, 6) is 0.471. The van der Waals surface area contributed by atoms with Gasteiger partial charge in [0.05, 0.1) is 16.7 Å². The van der Waals surface area contributed by atoms with Gasteiger partial charge in [0.25, 0.3) is 0 Å². The van der Waals surface area contributed by atoms with Crippen LogP contribution in [0.25, 0.3) is 0 Å². The maximum Gasteiger partial charge on any atom is 0.320 e. The van der Waals surface area contributed by atoms with Crippen LogP contribution in [0.5, 0.6) is 0 Å². The summed E-state index contributed by atoms with van der Waals surface area (Å²) in [4.78, 5) is 23.3. The van der Waals surface area contributed by atoms with Crippen LogP contribution in [0.3, 0.4) is 0 Å². The van der Waals surface area contributed by atoms with Gasteiger partial charge < -0.3 is 9.80 Å². The van der Waals surface area contributed by atoms with E-state index in [1.807, 2.05) is 17.9 Å². The SMILES string of the molecule is Cc1nc(CN2C[C@@H]3CN(C(=O)N(C)C)[C@@H](c4cccc(F)c4)[C@@H]3C2)cs1. The molecule has 0 spiro atoms. The van der Waals surface area contributed by atoms with Gasteiger partial charge in [0, 0.05) is 51.6 Å². The number of carbonyl (C=O) groups is 1. The highest BCUT2D eigenvalue weighted by molar-refractivity contribution is 7.09. The molecule has 144 valence electrons. The van der Waals surface area contributed by atoms with Gasteiger partial charge in [-0.05, 0) is 30.5 Å². The Hall–Kier alpha value is -1.99. The zero-order valence-corrected chi connectivity index (χ0v) is 16.7. The van der Waals surface area contributed by atoms with Gasteiger partial charge in [-0.2, -0.15) is 0 Å². The Morgan fingerprint density at radius 2 is 2.15 bits per heavy atom. The van der Waals surface area contributed by atoms with Gasteiger partial charge in [0.1, 0.15) is 5.82 Å². The molecule has 2 fully saturated rings. The Morgan fingerprint density at radius 3 is 2.81 bits per heavy atom. The number of aromatic nitrogens is 1. The predicted molar refractivity (Wildman–Crippen MR) is 104 cm³/mol. The van der Waals surface area contributed by atoms with Crippen molar-refractivity contribution in [3.8, 4) is 0 Å². The molecular formula is C20H25FN4OS. The predicted octanol–water partition coefficient (Wildman–Crippen LogP) is 3.38. The van der Waals surface area contributed by atoms with Crippen molar-refractivity contribution in [2.75, 3.05) is 33.7 Å². The van der Waals surface area contributed by atoms with E-state index in [0.29, 0.717) is 11.8 Å². The summed E-state index contributed by atoms with van der Waals surface area (Å²) < 4.78 is 13.9. The first-order valence-corrected chi connectivity index (χ1v) is 10.2. The van der Waals surface area contributed by atoms with Crippen molar-refractivity contribution in [2.45, 2.75) is 19.5 Å². The van der Waals surface area contributed by atoms with Gasteiger partial charge in [-0.25, -0.2) is 14.2 Å². The number of nitrogens with zero attached hydrogens (tertiary/aromatic N) is 4. The van der Waals surface area contributed by atoms with Crippen molar-refractivity contribution in [3.05, 3.63) is 51.7 Å². The van der Waals surface area contributed by atoms with E-state index >= 15 is 0 Å². The van der Waals surface area contributed by atoms with E-state index < -0.39 is 0 Å². The summed E-state index contributed by atoms with van der Waals surface area (Å²) in [6.45, 7) is 5.44. The third-order valence-electron chi connectivity index (χ3n) is 5.61. The Balaban J connectivity index is 1.57. The molecule has 7 heteroatoms. The lowest BCUT2D eigenvalue weighted by Crippen LogP contribution is -2.41. The number of likely N-dealkylation sites (tertiary alicyclic amines) is 2. The zero-order valence-electron chi connectivity index (χ0n) is 15.9. The van der Waals surface area contributed by atoms with Crippen LogP contribution in [0.1, 0.15) is 22.3 Å². The quantitative estimate of drug-likeness (QED) is 0.809. The number of aryl methyl sites for hydroxylation is 1. The molecule has 27 heavy (non-hydrogen) atoms. The lowest BCUT2D eigenvalue weighted by Gasteiger charge is -2.31. The van der Waals surface area contributed by atoms with Crippen molar-refractivity contribution in [1.29, 1.82) is 0 Å². The summed E-state index contributed by atoms with van der Waals surface area (Å²) in [6.07, 6.45) is 0. The van der Waals surface area contributed by atoms with E-state index in [1.165, 1.54) is 6.07 Å². The number of hydrogen-bond acceptors (Lipinski definition) is 4. The van der Waals surface area contributed by atoms with E-state index in [2.05, 4.69) is 15.3 Å². The first-order valence-electron chi connectivity index (χ1n) is 9.29. The van der Waals surface area contributed by atoms with Crippen molar-refractivity contribution in [2.24, 2.45) is 11.8 Å². The van der Waals surface area contributed by atoms with E-state index in [-0.39, 0.29) is 17.9 Å². The number of fused-ring (bicyclic) bond motifs is 1. The minimum Gasteiger partial charge on any atom is -0.331 e. The molecule has 2 saturated heterocycles. The standard InChI is InChI=1S/C20H25FN4OS/c1-13-22-17(12-27-13)10-24-8-15-9-25(20(26)23(2)3)19(18(15)11-24)14-5-4-6-16(21)7-14/h4-7,12,15,18-19H,8-11H2,1-3H3/t15-,18-,19+/m1/s1.